The molecule has 2 heterocycles. The molecule has 83 heavy (non-hydrogen) atoms. The zero-order valence-electron chi connectivity index (χ0n) is 44.1. The first-order valence-corrected chi connectivity index (χ1v) is 26.4. The SMILES string of the molecule is [C-]#[N+]c1cccc(-c2ccc3c(c2)c2cc(-c4cccc(C#N)c4)ccc2n3-c2cc(-c3cc(C)cc(C(F)(F)F)c3)ccc2-c2ccc(C#N)cc2-n2c3ccc(-c4cccc(C#N)c4)cc3c3cc(-c4cccc(C#N)c4)ccc32)c1. The standard InChI is InChI=1S/C73H40F3N7/c1-44-27-58(33-59(28-44)73(74,75)76)57-16-22-62(72(39-57)83-69-25-19-55(51-12-5-9-47(31-51)42-79)37-65(69)66-38-56(20-26-70(66)83)52-13-6-14-60(34-52)81-2)61-21-15-48(43-80)32-71(61)82-67-23-17-53(49-10-3-7-45(29-49)40-77)35-63(67)64-36-54(18-24-68(64)82)50-11-4-8-46(30-50)41-78/h3-39H,1H3. The van der Waals surface area contributed by atoms with Gasteiger partial charge in [0.1, 0.15) is 0 Å². The van der Waals surface area contributed by atoms with E-state index in [2.05, 4.69) is 62.5 Å². The van der Waals surface area contributed by atoms with Crippen LogP contribution in [0.5, 0.6) is 0 Å². The zero-order chi connectivity index (χ0) is 57.1. The molecule has 0 aliphatic heterocycles. The molecule has 0 fully saturated rings. The highest BCUT2D eigenvalue weighted by Gasteiger charge is 2.31. The Labute approximate surface area is 475 Å². The largest absolute Gasteiger partial charge is 0.416 e. The van der Waals surface area contributed by atoms with Crippen LogP contribution in [-0.2, 0) is 6.18 Å². The molecular weight excluding hydrogens is 1030 g/mol. The molecule has 0 saturated carbocycles. The third-order valence-corrected chi connectivity index (χ3v) is 15.4. The van der Waals surface area contributed by atoms with Crippen LogP contribution in [0.15, 0.2) is 224 Å². The van der Waals surface area contributed by atoms with Gasteiger partial charge in [0, 0.05) is 32.7 Å². The minimum absolute atomic E-state index is 0.377. The Bertz CT molecular complexity index is 4890. The molecule has 0 aliphatic carbocycles. The minimum Gasteiger partial charge on any atom is -0.309 e. The number of nitrogens with zero attached hydrogens (tertiary/aromatic N) is 7. The molecule has 0 N–H and O–H groups in total. The molecule has 0 spiro atoms. The maximum absolute atomic E-state index is 14.7. The third kappa shape index (κ3) is 9.04. The topological polar surface area (TPSA) is 109 Å². The average Bonchev–Trinajstić information content (AvgIpc) is 2.12. The first kappa shape index (κ1) is 50.7. The van der Waals surface area contributed by atoms with Crippen molar-refractivity contribution < 1.29 is 13.2 Å². The average molecular weight is 1070 g/mol. The highest BCUT2D eigenvalue weighted by Crippen LogP contribution is 2.46. The predicted octanol–water partition coefficient (Wildman–Crippen LogP) is 19.2. The highest BCUT2D eigenvalue weighted by molar-refractivity contribution is 6.14. The fraction of sp³-hybridized carbons (Fsp3) is 0.0274. The molecule has 0 saturated heterocycles. The van der Waals surface area contributed by atoms with Crippen molar-refractivity contribution in [1.29, 1.82) is 21.0 Å². The van der Waals surface area contributed by atoms with Gasteiger partial charge in [-0.05, 0) is 189 Å². The number of fused-ring (bicyclic) bond motifs is 6. The Morgan fingerprint density at radius 3 is 1.14 bits per heavy atom. The first-order valence-electron chi connectivity index (χ1n) is 26.4. The molecule has 7 nitrogen and oxygen atoms in total. The Hall–Kier alpha value is -11.7. The molecule has 0 aliphatic rings. The van der Waals surface area contributed by atoms with E-state index in [1.165, 1.54) is 6.07 Å². The lowest BCUT2D eigenvalue weighted by molar-refractivity contribution is -0.137. The highest BCUT2D eigenvalue weighted by atomic mass is 19.4. The maximum Gasteiger partial charge on any atom is 0.416 e. The zero-order valence-corrected chi connectivity index (χ0v) is 44.1. The number of aromatic nitrogens is 2. The van der Waals surface area contributed by atoms with E-state index in [0.717, 1.165) is 94.2 Å². The lowest BCUT2D eigenvalue weighted by Gasteiger charge is -2.20. The number of aryl methyl sites for hydroxylation is 1. The Kier molecular flexibility index (Phi) is 12.3. The molecule has 0 atom stereocenters. The summed E-state index contributed by atoms with van der Waals surface area (Å²) in [6, 6.07) is 79.0. The molecule has 13 rings (SSSR count). The molecule has 11 aromatic carbocycles. The van der Waals surface area contributed by atoms with E-state index >= 15 is 0 Å². The van der Waals surface area contributed by atoms with Gasteiger partial charge >= 0.3 is 6.18 Å². The van der Waals surface area contributed by atoms with Crippen molar-refractivity contribution in [2.45, 2.75) is 13.1 Å². The third-order valence-electron chi connectivity index (χ3n) is 15.4. The van der Waals surface area contributed by atoms with Crippen molar-refractivity contribution in [3.8, 4) is 102 Å². The van der Waals surface area contributed by atoms with E-state index in [1.807, 2.05) is 152 Å². The summed E-state index contributed by atoms with van der Waals surface area (Å²) in [5, 5.41) is 43.9. The van der Waals surface area contributed by atoms with Gasteiger partial charge in [-0.2, -0.15) is 34.2 Å². The predicted molar refractivity (Wildman–Crippen MR) is 323 cm³/mol. The smallest absolute Gasteiger partial charge is 0.309 e. The second-order valence-corrected chi connectivity index (χ2v) is 20.5. The van der Waals surface area contributed by atoms with Crippen molar-refractivity contribution in [2.24, 2.45) is 0 Å². The molecule has 13 aromatic rings. The molecule has 388 valence electrons. The van der Waals surface area contributed by atoms with Gasteiger partial charge in [0.15, 0.2) is 5.69 Å². The molecule has 0 radical (unpaired) electrons. The van der Waals surface area contributed by atoms with Crippen molar-refractivity contribution in [1.82, 2.24) is 9.13 Å². The number of alkyl halides is 3. The van der Waals surface area contributed by atoms with Crippen LogP contribution >= 0.6 is 0 Å². The van der Waals surface area contributed by atoms with Gasteiger partial charge < -0.3 is 9.13 Å². The van der Waals surface area contributed by atoms with Crippen LogP contribution in [0.2, 0.25) is 0 Å². The second kappa shape index (κ2) is 20.2. The monoisotopic (exact) mass is 1070 g/mol. The normalized spacial score (nSPS) is 11.3. The molecule has 0 bridgehead atoms. The van der Waals surface area contributed by atoms with E-state index in [0.29, 0.717) is 67.1 Å². The Balaban J connectivity index is 1.12. The summed E-state index contributed by atoms with van der Waals surface area (Å²) in [4.78, 5) is 3.70. The Morgan fingerprint density at radius 1 is 0.361 bits per heavy atom. The van der Waals surface area contributed by atoms with Crippen LogP contribution in [0.3, 0.4) is 0 Å². The molecule has 0 unspecified atom stereocenters. The van der Waals surface area contributed by atoms with Crippen molar-refractivity contribution >= 4 is 49.3 Å². The summed E-state index contributed by atoms with van der Waals surface area (Å²) >= 11 is 0. The van der Waals surface area contributed by atoms with Crippen molar-refractivity contribution in [2.75, 3.05) is 0 Å². The van der Waals surface area contributed by atoms with E-state index in [-0.39, 0.29) is 0 Å². The molecule has 10 heteroatoms. The van der Waals surface area contributed by atoms with E-state index in [1.54, 1.807) is 43.3 Å². The minimum atomic E-state index is -4.60. The summed E-state index contributed by atoms with van der Waals surface area (Å²) < 4.78 is 48.3. The van der Waals surface area contributed by atoms with Crippen LogP contribution in [-0.4, -0.2) is 9.13 Å². The van der Waals surface area contributed by atoms with Crippen molar-refractivity contribution in [3.63, 3.8) is 0 Å². The van der Waals surface area contributed by atoms with Gasteiger partial charge in [-0.25, -0.2) is 4.85 Å². The first-order chi connectivity index (χ1) is 40.4. The van der Waals surface area contributed by atoms with Crippen LogP contribution in [0, 0.1) is 58.8 Å². The van der Waals surface area contributed by atoms with Gasteiger partial charge in [-0.1, -0.05) is 103 Å². The maximum atomic E-state index is 14.7. The summed E-state index contributed by atoms with van der Waals surface area (Å²) in [5.41, 5.74) is 15.9. The summed E-state index contributed by atoms with van der Waals surface area (Å²) in [6.07, 6.45) is -4.60. The van der Waals surface area contributed by atoms with E-state index in [9.17, 15) is 34.2 Å². The molecular formula is C73H40F3N7. The number of rotatable bonds is 8. The number of nitriles is 4. The lowest BCUT2D eigenvalue weighted by atomic mass is 9.94. The van der Waals surface area contributed by atoms with Gasteiger partial charge in [-0.15, -0.1) is 0 Å². The summed E-state index contributed by atoms with van der Waals surface area (Å²) in [7, 11) is 0. The molecule has 2 aromatic heterocycles. The second-order valence-electron chi connectivity index (χ2n) is 20.5. The van der Waals surface area contributed by atoms with Gasteiger partial charge in [0.05, 0.1) is 92.1 Å². The number of halogens is 3. The van der Waals surface area contributed by atoms with E-state index < -0.39 is 11.7 Å². The van der Waals surface area contributed by atoms with Crippen LogP contribution in [0.4, 0.5) is 18.9 Å². The summed E-state index contributed by atoms with van der Waals surface area (Å²) in [6.45, 7) is 9.44. The Morgan fingerprint density at radius 2 is 0.723 bits per heavy atom. The lowest BCUT2D eigenvalue weighted by Crippen LogP contribution is -2.05. The van der Waals surface area contributed by atoms with Crippen LogP contribution in [0.1, 0.15) is 33.4 Å². The molecule has 0 amide bonds. The van der Waals surface area contributed by atoms with Crippen molar-refractivity contribution in [3.05, 3.63) is 269 Å². The number of hydrogen-bond acceptors (Lipinski definition) is 4. The van der Waals surface area contributed by atoms with E-state index in [4.69, 9.17) is 6.57 Å². The number of hydrogen-bond donors (Lipinski definition) is 0. The van der Waals surface area contributed by atoms with Gasteiger partial charge in [0.2, 0.25) is 0 Å². The van der Waals surface area contributed by atoms with Gasteiger partial charge in [0.25, 0.3) is 0 Å². The summed E-state index contributed by atoms with van der Waals surface area (Å²) in [5.74, 6) is 0. The van der Waals surface area contributed by atoms with Crippen LogP contribution < -0.4 is 0 Å². The fourth-order valence-corrected chi connectivity index (χ4v) is 11.6. The van der Waals surface area contributed by atoms with Crippen LogP contribution in [0.25, 0.3) is 127 Å². The number of benzene rings is 11. The van der Waals surface area contributed by atoms with Gasteiger partial charge in [-0.3, -0.25) is 0 Å². The quantitative estimate of drug-likeness (QED) is 0.141. The fourth-order valence-electron chi connectivity index (χ4n) is 11.6.